The number of amides is 1. The first kappa shape index (κ1) is 26.3. The summed E-state index contributed by atoms with van der Waals surface area (Å²) in [6, 6.07) is 20.1. The van der Waals surface area contributed by atoms with E-state index in [4.69, 9.17) is 9.59 Å². The second-order valence-electron chi connectivity index (χ2n) is 8.17. The highest BCUT2D eigenvalue weighted by Crippen LogP contribution is 2.23. The highest BCUT2D eigenvalue weighted by molar-refractivity contribution is 6.06. The Hall–Kier alpha value is -4.33. The number of aromatic nitrogens is 2. The SMILES string of the molecule is C=O.C=O.O=C(NCc1ccc(N2CCCCC2)cc1)c1cccc2c1cnn2-c1ccc(F)cc1. The molecule has 0 unspecified atom stereocenters. The molecule has 8 heteroatoms. The highest BCUT2D eigenvalue weighted by Gasteiger charge is 2.14. The zero-order valence-electron chi connectivity index (χ0n) is 20.0. The van der Waals surface area contributed by atoms with Gasteiger partial charge >= 0.3 is 0 Å². The van der Waals surface area contributed by atoms with E-state index in [9.17, 15) is 9.18 Å². The van der Waals surface area contributed by atoms with Crippen molar-refractivity contribution in [3.8, 4) is 5.69 Å². The molecular formula is C28H29FN4O3. The smallest absolute Gasteiger partial charge is 0.252 e. The molecule has 36 heavy (non-hydrogen) atoms. The minimum Gasteiger partial charge on any atom is -0.372 e. The van der Waals surface area contributed by atoms with Crippen molar-refractivity contribution in [3.63, 3.8) is 0 Å². The van der Waals surface area contributed by atoms with E-state index < -0.39 is 0 Å². The minimum absolute atomic E-state index is 0.144. The lowest BCUT2D eigenvalue weighted by molar-refractivity contribution is -0.0987. The molecule has 1 fully saturated rings. The van der Waals surface area contributed by atoms with Crippen LogP contribution in [0.4, 0.5) is 10.1 Å². The number of carbonyl (C=O) groups excluding carboxylic acids is 3. The first-order valence-electron chi connectivity index (χ1n) is 11.6. The maximum Gasteiger partial charge on any atom is 0.252 e. The zero-order chi connectivity index (χ0) is 25.9. The van der Waals surface area contributed by atoms with E-state index in [2.05, 4.69) is 39.6 Å². The molecule has 1 saturated heterocycles. The molecular weight excluding hydrogens is 459 g/mol. The second-order valence-corrected chi connectivity index (χ2v) is 8.17. The molecule has 2 heterocycles. The summed E-state index contributed by atoms with van der Waals surface area (Å²) in [6.45, 7) is 6.69. The summed E-state index contributed by atoms with van der Waals surface area (Å²) < 4.78 is 15.0. The fourth-order valence-corrected chi connectivity index (χ4v) is 4.29. The van der Waals surface area contributed by atoms with E-state index >= 15 is 0 Å². The van der Waals surface area contributed by atoms with E-state index in [0.29, 0.717) is 12.1 Å². The Kier molecular flexibility index (Phi) is 9.45. The van der Waals surface area contributed by atoms with Crippen LogP contribution in [0.1, 0.15) is 35.2 Å². The van der Waals surface area contributed by atoms with Gasteiger partial charge in [-0.15, -0.1) is 0 Å². The minimum atomic E-state index is -0.297. The summed E-state index contributed by atoms with van der Waals surface area (Å²) >= 11 is 0. The molecule has 0 spiro atoms. The van der Waals surface area contributed by atoms with Crippen LogP contribution in [0.2, 0.25) is 0 Å². The Morgan fingerprint density at radius 1 is 0.861 bits per heavy atom. The van der Waals surface area contributed by atoms with Crippen molar-refractivity contribution in [2.45, 2.75) is 25.8 Å². The van der Waals surface area contributed by atoms with Crippen LogP contribution in [0.25, 0.3) is 16.6 Å². The normalized spacial score (nSPS) is 12.6. The van der Waals surface area contributed by atoms with Crippen LogP contribution in [-0.4, -0.2) is 42.4 Å². The number of anilines is 1. The first-order chi connectivity index (χ1) is 17.7. The quantitative estimate of drug-likeness (QED) is 0.440. The maximum absolute atomic E-state index is 13.3. The summed E-state index contributed by atoms with van der Waals surface area (Å²) in [7, 11) is 0. The molecule has 0 radical (unpaired) electrons. The molecule has 1 aliphatic heterocycles. The lowest BCUT2D eigenvalue weighted by Crippen LogP contribution is -2.29. The Balaban J connectivity index is 0.000000861. The van der Waals surface area contributed by atoms with Gasteiger partial charge in [0.25, 0.3) is 5.91 Å². The predicted octanol–water partition coefficient (Wildman–Crippen LogP) is 4.72. The van der Waals surface area contributed by atoms with Crippen LogP contribution in [0, 0.1) is 5.82 Å². The van der Waals surface area contributed by atoms with E-state index in [0.717, 1.165) is 35.2 Å². The van der Waals surface area contributed by atoms with Gasteiger partial charge in [-0.1, -0.05) is 18.2 Å². The molecule has 186 valence electrons. The van der Waals surface area contributed by atoms with Crippen molar-refractivity contribution < 1.29 is 18.8 Å². The summed E-state index contributed by atoms with van der Waals surface area (Å²) in [5.41, 5.74) is 4.43. The second kappa shape index (κ2) is 12.9. The molecule has 0 bridgehead atoms. The van der Waals surface area contributed by atoms with Gasteiger partial charge in [-0.25, -0.2) is 9.07 Å². The van der Waals surface area contributed by atoms with Crippen molar-refractivity contribution in [3.05, 3.63) is 89.9 Å². The third kappa shape index (κ3) is 6.02. The van der Waals surface area contributed by atoms with Crippen LogP contribution in [0.3, 0.4) is 0 Å². The van der Waals surface area contributed by atoms with Crippen LogP contribution < -0.4 is 10.2 Å². The van der Waals surface area contributed by atoms with E-state index in [-0.39, 0.29) is 11.7 Å². The van der Waals surface area contributed by atoms with Gasteiger partial charge in [0.1, 0.15) is 19.4 Å². The Morgan fingerprint density at radius 3 is 2.17 bits per heavy atom. The molecule has 1 amide bonds. The number of halogens is 1. The number of hydrogen-bond donors (Lipinski definition) is 1. The summed E-state index contributed by atoms with van der Waals surface area (Å²) in [4.78, 5) is 31.4. The molecule has 7 nitrogen and oxygen atoms in total. The van der Waals surface area contributed by atoms with Crippen LogP contribution in [0.5, 0.6) is 0 Å². The highest BCUT2D eigenvalue weighted by atomic mass is 19.1. The molecule has 4 aromatic rings. The lowest BCUT2D eigenvalue weighted by atomic mass is 10.1. The Bertz CT molecular complexity index is 1260. The van der Waals surface area contributed by atoms with Crippen LogP contribution in [-0.2, 0) is 16.1 Å². The number of benzene rings is 3. The van der Waals surface area contributed by atoms with Gasteiger partial charge in [-0.05, 0) is 73.4 Å². The number of piperidine rings is 1. The summed E-state index contributed by atoms with van der Waals surface area (Å²) in [5.74, 6) is -0.441. The van der Waals surface area contributed by atoms with Crippen molar-refractivity contribution in [2.75, 3.05) is 18.0 Å². The van der Waals surface area contributed by atoms with Crippen molar-refractivity contribution in [2.24, 2.45) is 0 Å². The third-order valence-corrected chi connectivity index (χ3v) is 6.04. The molecule has 0 saturated carbocycles. The zero-order valence-corrected chi connectivity index (χ0v) is 20.0. The average Bonchev–Trinajstić information content (AvgIpc) is 3.39. The largest absolute Gasteiger partial charge is 0.372 e. The van der Waals surface area contributed by atoms with Crippen molar-refractivity contribution in [1.29, 1.82) is 0 Å². The summed E-state index contributed by atoms with van der Waals surface area (Å²) in [6.07, 6.45) is 5.50. The molecule has 0 atom stereocenters. The molecule has 1 aromatic heterocycles. The Labute approximate surface area is 209 Å². The third-order valence-electron chi connectivity index (χ3n) is 6.04. The van der Waals surface area contributed by atoms with Gasteiger partial charge in [0, 0.05) is 30.7 Å². The van der Waals surface area contributed by atoms with Crippen LogP contribution >= 0.6 is 0 Å². The number of carbonyl (C=O) groups is 3. The molecule has 3 aromatic carbocycles. The first-order valence-corrected chi connectivity index (χ1v) is 11.6. The number of fused-ring (bicyclic) bond motifs is 1. The van der Waals surface area contributed by atoms with E-state index in [1.54, 1.807) is 29.1 Å². The van der Waals surface area contributed by atoms with E-state index in [1.165, 1.54) is 37.1 Å². The van der Waals surface area contributed by atoms with Gasteiger partial charge < -0.3 is 19.8 Å². The standard InChI is InChI=1S/C26H25FN4O.2CH2O/c27-20-9-13-22(14-10-20)31-25-6-4-5-23(24(25)18-29-31)26(32)28-17-19-7-11-21(12-8-19)30-15-2-1-3-16-30;2*1-2/h4-14,18H,1-3,15-17H2,(H,28,32);2*1H2. The average molecular weight is 489 g/mol. The van der Waals surface area contributed by atoms with Gasteiger partial charge in [0.2, 0.25) is 0 Å². The number of rotatable bonds is 5. The molecule has 5 rings (SSSR count). The number of nitrogens with zero attached hydrogens (tertiary/aromatic N) is 3. The topological polar surface area (TPSA) is 84.3 Å². The fourth-order valence-electron chi connectivity index (χ4n) is 4.29. The predicted molar refractivity (Wildman–Crippen MR) is 139 cm³/mol. The number of nitrogens with one attached hydrogen (secondary N) is 1. The molecule has 0 aliphatic carbocycles. The van der Waals surface area contributed by atoms with Gasteiger partial charge in [-0.2, -0.15) is 5.10 Å². The van der Waals surface area contributed by atoms with E-state index in [1.807, 2.05) is 25.7 Å². The molecule has 1 aliphatic rings. The Morgan fingerprint density at radius 2 is 1.50 bits per heavy atom. The lowest BCUT2D eigenvalue weighted by Gasteiger charge is -2.28. The van der Waals surface area contributed by atoms with Gasteiger partial charge in [-0.3, -0.25) is 4.79 Å². The fraction of sp³-hybridized carbons (Fsp3) is 0.214. The maximum atomic E-state index is 13.3. The molecule has 1 N–H and O–H groups in total. The van der Waals surface area contributed by atoms with Crippen molar-refractivity contribution >= 4 is 36.1 Å². The summed E-state index contributed by atoms with van der Waals surface area (Å²) in [5, 5.41) is 8.20. The van der Waals surface area contributed by atoms with Gasteiger partial charge in [0.05, 0.1) is 23.0 Å². The monoisotopic (exact) mass is 488 g/mol. The van der Waals surface area contributed by atoms with Crippen molar-refractivity contribution in [1.82, 2.24) is 15.1 Å². The van der Waals surface area contributed by atoms with Crippen LogP contribution in [0.15, 0.2) is 72.9 Å². The van der Waals surface area contributed by atoms with Gasteiger partial charge in [0.15, 0.2) is 0 Å². The number of hydrogen-bond acceptors (Lipinski definition) is 5.